The van der Waals surface area contributed by atoms with Crippen LogP contribution in [0.5, 0.6) is 0 Å². The molecule has 1 aliphatic rings. The van der Waals surface area contributed by atoms with Gasteiger partial charge in [-0.2, -0.15) is 0 Å². The van der Waals surface area contributed by atoms with E-state index in [1.54, 1.807) is 13.0 Å². The van der Waals surface area contributed by atoms with Gasteiger partial charge in [-0.3, -0.25) is 0 Å². The van der Waals surface area contributed by atoms with E-state index in [2.05, 4.69) is 11.8 Å². The summed E-state index contributed by atoms with van der Waals surface area (Å²) in [5.41, 5.74) is 1.25. The predicted molar refractivity (Wildman–Crippen MR) is 76.9 cm³/mol. The summed E-state index contributed by atoms with van der Waals surface area (Å²) in [6.45, 7) is 3.89. The molecule has 0 aromatic heterocycles. The molecule has 0 radical (unpaired) electrons. The number of aliphatic hydroxyl groups is 1. The Kier molecular flexibility index (Phi) is 4.46. The molecule has 0 aliphatic heterocycles. The molecule has 1 aromatic carbocycles. The molecule has 1 N–H and O–H groups in total. The number of benzene rings is 1. The largest absolute Gasteiger partial charge is 0.389 e. The molecule has 19 heavy (non-hydrogen) atoms. The average Bonchev–Trinajstić information content (AvgIpc) is 2.37. The van der Waals surface area contributed by atoms with Gasteiger partial charge in [0.25, 0.3) is 0 Å². The first-order chi connectivity index (χ1) is 9.02. The number of hydrogen-bond donors (Lipinski definition) is 1. The lowest BCUT2D eigenvalue weighted by atomic mass is 9.84. The molecule has 0 spiro atoms. The minimum Gasteiger partial charge on any atom is -0.389 e. The van der Waals surface area contributed by atoms with Gasteiger partial charge in [-0.1, -0.05) is 25.8 Å². The van der Waals surface area contributed by atoms with Gasteiger partial charge in [-0.05, 0) is 37.8 Å². The van der Waals surface area contributed by atoms with Crippen molar-refractivity contribution in [1.82, 2.24) is 0 Å². The number of nitrogens with zero attached hydrogens (tertiary/aromatic N) is 1. The minimum atomic E-state index is -0.780. The third-order valence-electron chi connectivity index (χ3n) is 4.39. The van der Waals surface area contributed by atoms with Crippen LogP contribution in [0.1, 0.15) is 51.2 Å². The number of hydrogen-bond acceptors (Lipinski definition) is 2. The van der Waals surface area contributed by atoms with Crippen LogP contribution in [0.25, 0.3) is 0 Å². The van der Waals surface area contributed by atoms with Crippen LogP contribution in [-0.4, -0.2) is 18.2 Å². The van der Waals surface area contributed by atoms with Crippen molar-refractivity contribution in [2.75, 3.05) is 11.9 Å². The lowest BCUT2D eigenvalue weighted by Gasteiger charge is -2.38. The van der Waals surface area contributed by atoms with Gasteiger partial charge in [0.15, 0.2) is 0 Å². The highest BCUT2D eigenvalue weighted by Gasteiger charge is 2.27. The molecule has 2 nitrogen and oxygen atoms in total. The quantitative estimate of drug-likeness (QED) is 0.896. The van der Waals surface area contributed by atoms with Crippen molar-refractivity contribution < 1.29 is 9.50 Å². The molecule has 0 saturated heterocycles. The van der Waals surface area contributed by atoms with E-state index in [1.165, 1.54) is 25.3 Å². The van der Waals surface area contributed by atoms with E-state index in [9.17, 15) is 9.50 Å². The van der Waals surface area contributed by atoms with Crippen molar-refractivity contribution >= 4 is 5.69 Å². The second kappa shape index (κ2) is 5.91. The summed E-state index contributed by atoms with van der Waals surface area (Å²) in [5, 5.41) is 9.83. The fourth-order valence-corrected chi connectivity index (χ4v) is 3.30. The Morgan fingerprint density at radius 3 is 2.63 bits per heavy atom. The lowest BCUT2D eigenvalue weighted by Crippen LogP contribution is -2.39. The maximum absolute atomic E-state index is 13.9. The third-order valence-corrected chi connectivity index (χ3v) is 4.39. The van der Waals surface area contributed by atoms with Crippen LogP contribution in [0.2, 0.25) is 0 Å². The fraction of sp³-hybridized carbons (Fsp3) is 0.625. The highest BCUT2D eigenvalue weighted by molar-refractivity contribution is 5.55. The molecular formula is C16H24FNO. The van der Waals surface area contributed by atoms with Crippen molar-refractivity contribution in [3.63, 3.8) is 0 Å². The SMILES string of the molecule is CC1CCCCC1N(C)c1cccc(F)c1[C@H](C)O. The predicted octanol–water partition coefficient (Wildman–Crippen LogP) is 3.89. The van der Waals surface area contributed by atoms with Gasteiger partial charge in [0.05, 0.1) is 6.10 Å². The van der Waals surface area contributed by atoms with Gasteiger partial charge in [-0.25, -0.2) is 4.39 Å². The second-order valence-electron chi connectivity index (χ2n) is 5.79. The Morgan fingerprint density at radius 1 is 1.32 bits per heavy atom. The summed E-state index contributed by atoms with van der Waals surface area (Å²) in [5.74, 6) is 0.298. The molecule has 0 amide bonds. The standard InChI is InChI=1S/C16H24FNO/c1-11-7-4-5-9-14(11)18(3)15-10-6-8-13(17)16(15)12(2)19/h6,8,10-12,14,19H,4-5,7,9H2,1-3H3/t11?,12-,14?/m0/s1. The van der Waals surface area contributed by atoms with E-state index in [0.717, 1.165) is 12.1 Å². The zero-order valence-electron chi connectivity index (χ0n) is 12.1. The number of rotatable bonds is 3. The molecule has 3 heteroatoms. The monoisotopic (exact) mass is 265 g/mol. The topological polar surface area (TPSA) is 23.5 Å². The Hall–Kier alpha value is -1.09. The van der Waals surface area contributed by atoms with Gasteiger partial charge in [0.2, 0.25) is 0 Å². The fourth-order valence-electron chi connectivity index (χ4n) is 3.30. The highest BCUT2D eigenvalue weighted by atomic mass is 19.1. The highest BCUT2D eigenvalue weighted by Crippen LogP contribution is 2.34. The molecule has 0 bridgehead atoms. The number of aliphatic hydroxyl groups excluding tert-OH is 1. The maximum atomic E-state index is 13.9. The van der Waals surface area contributed by atoms with Crippen molar-refractivity contribution in [3.8, 4) is 0 Å². The van der Waals surface area contributed by atoms with E-state index < -0.39 is 6.10 Å². The molecule has 1 saturated carbocycles. The molecule has 2 unspecified atom stereocenters. The molecule has 1 aliphatic carbocycles. The van der Waals surface area contributed by atoms with Crippen LogP contribution >= 0.6 is 0 Å². The van der Waals surface area contributed by atoms with Gasteiger partial charge in [0.1, 0.15) is 5.82 Å². The minimum absolute atomic E-state index is 0.317. The van der Waals surface area contributed by atoms with Gasteiger partial charge in [0, 0.05) is 24.3 Å². The molecule has 3 atom stereocenters. The van der Waals surface area contributed by atoms with Crippen LogP contribution in [0.3, 0.4) is 0 Å². The van der Waals surface area contributed by atoms with Crippen LogP contribution in [0.15, 0.2) is 18.2 Å². The average molecular weight is 265 g/mol. The number of anilines is 1. The Morgan fingerprint density at radius 2 is 2.00 bits per heavy atom. The molecule has 0 heterocycles. The van der Waals surface area contributed by atoms with Crippen LogP contribution in [0.4, 0.5) is 10.1 Å². The zero-order chi connectivity index (χ0) is 14.0. The molecule has 1 fully saturated rings. The zero-order valence-corrected chi connectivity index (χ0v) is 12.1. The number of halogens is 1. The molecular weight excluding hydrogens is 241 g/mol. The Bertz CT molecular complexity index is 433. The van der Waals surface area contributed by atoms with Gasteiger partial charge < -0.3 is 10.0 Å². The van der Waals surface area contributed by atoms with E-state index in [1.807, 2.05) is 13.1 Å². The summed E-state index contributed by atoms with van der Waals surface area (Å²) < 4.78 is 13.9. The van der Waals surface area contributed by atoms with E-state index in [4.69, 9.17) is 0 Å². The van der Waals surface area contributed by atoms with Crippen molar-refractivity contribution in [1.29, 1.82) is 0 Å². The van der Waals surface area contributed by atoms with Crippen LogP contribution in [-0.2, 0) is 0 Å². The summed E-state index contributed by atoms with van der Waals surface area (Å²) in [4.78, 5) is 2.16. The van der Waals surface area contributed by atoms with Crippen LogP contribution < -0.4 is 4.90 Å². The van der Waals surface area contributed by atoms with Gasteiger partial charge >= 0.3 is 0 Å². The summed E-state index contributed by atoms with van der Waals surface area (Å²) in [7, 11) is 2.02. The van der Waals surface area contributed by atoms with E-state index in [-0.39, 0.29) is 5.82 Å². The molecule has 1 aromatic rings. The third kappa shape index (κ3) is 2.92. The summed E-state index contributed by atoms with van der Waals surface area (Å²) in [6, 6.07) is 5.49. The molecule has 106 valence electrons. The Labute approximate surface area is 115 Å². The lowest BCUT2D eigenvalue weighted by molar-refractivity contribution is 0.194. The summed E-state index contributed by atoms with van der Waals surface area (Å²) >= 11 is 0. The van der Waals surface area contributed by atoms with Crippen molar-refractivity contribution in [3.05, 3.63) is 29.6 Å². The molecule has 2 rings (SSSR count). The van der Waals surface area contributed by atoms with E-state index >= 15 is 0 Å². The second-order valence-corrected chi connectivity index (χ2v) is 5.79. The van der Waals surface area contributed by atoms with Crippen molar-refractivity contribution in [2.24, 2.45) is 5.92 Å². The first-order valence-corrected chi connectivity index (χ1v) is 7.21. The maximum Gasteiger partial charge on any atom is 0.131 e. The summed E-state index contributed by atoms with van der Waals surface area (Å²) in [6.07, 6.45) is 4.12. The van der Waals surface area contributed by atoms with Crippen molar-refractivity contribution in [2.45, 2.75) is 51.7 Å². The Balaban J connectivity index is 2.32. The van der Waals surface area contributed by atoms with Gasteiger partial charge in [-0.15, -0.1) is 0 Å². The van der Waals surface area contributed by atoms with E-state index in [0.29, 0.717) is 17.5 Å². The smallest absolute Gasteiger partial charge is 0.131 e. The first-order valence-electron chi connectivity index (χ1n) is 7.21. The first kappa shape index (κ1) is 14.3. The van der Waals surface area contributed by atoms with Crippen LogP contribution in [0, 0.1) is 11.7 Å². The normalized spacial score (nSPS) is 25.1.